The first-order valence-corrected chi connectivity index (χ1v) is 8.55. The topological polar surface area (TPSA) is 87.7 Å². The molecule has 7 nitrogen and oxygen atoms in total. The quantitative estimate of drug-likeness (QED) is 0.749. The van der Waals surface area contributed by atoms with Crippen molar-refractivity contribution >= 4 is 17.8 Å². The maximum Gasteiger partial charge on any atom is 0.325 e. The van der Waals surface area contributed by atoms with E-state index in [0.29, 0.717) is 13.0 Å². The number of rotatable bonds is 4. The van der Waals surface area contributed by atoms with Crippen LogP contribution < -0.4 is 10.6 Å². The Morgan fingerprint density at radius 2 is 2.17 bits per heavy atom. The number of carbonyl (C=O) groups is 3. The number of urea groups is 1. The number of nitrogens with one attached hydrogen (secondary N) is 2. The molecule has 2 N–H and O–H groups in total. The molecule has 2 saturated heterocycles. The Morgan fingerprint density at radius 1 is 1.35 bits per heavy atom. The van der Waals surface area contributed by atoms with Crippen LogP contribution in [0.5, 0.6) is 0 Å². The van der Waals surface area contributed by atoms with Gasteiger partial charge in [0.15, 0.2) is 0 Å². The summed E-state index contributed by atoms with van der Waals surface area (Å²) in [6.07, 6.45) is 5.57. The molecule has 1 spiro atoms. The van der Waals surface area contributed by atoms with Crippen LogP contribution in [-0.2, 0) is 14.3 Å². The van der Waals surface area contributed by atoms with Crippen LogP contribution in [0, 0.1) is 5.92 Å². The van der Waals surface area contributed by atoms with E-state index in [2.05, 4.69) is 10.6 Å². The van der Waals surface area contributed by atoms with Crippen molar-refractivity contribution < 1.29 is 19.1 Å². The van der Waals surface area contributed by atoms with Crippen molar-refractivity contribution in [3.05, 3.63) is 0 Å². The second-order valence-electron chi connectivity index (χ2n) is 6.88. The predicted octanol–water partition coefficient (Wildman–Crippen LogP) is 0.782. The zero-order chi connectivity index (χ0) is 16.4. The molecule has 3 atom stereocenters. The van der Waals surface area contributed by atoms with E-state index < -0.39 is 11.6 Å². The Morgan fingerprint density at radius 3 is 2.87 bits per heavy atom. The fraction of sp³-hybridized carbons (Fsp3) is 0.812. The molecule has 3 rings (SSSR count). The highest BCUT2D eigenvalue weighted by Gasteiger charge is 2.55. The molecule has 0 aromatic carbocycles. The SMILES string of the molecule is CC1CCCCC12NC(=O)N(CC(=O)NCC1CCCO1)C2=O. The van der Waals surface area contributed by atoms with E-state index in [-0.39, 0.29) is 30.4 Å². The number of amides is 4. The van der Waals surface area contributed by atoms with E-state index in [1.165, 1.54) is 0 Å². The van der Waals surface area contributed by atoms with Crippen molar-refractivity contribution in [3.63, 3.8) is 0 Å². The highest BCUT2D eigenvalue weighted by molar-refractivity contribution is 6.09. The van der Waals surface area contributed by atoms with Crippen molar-refractivity contribution in [2.45, 2.75) is 57.1 Å². The normalized spacial score (nSPS) is 34.0. The van der Waals surface area contributed by atoms with Gasteiger partial charge in [0.2, 0.25) is 5.91 Å². The number of hydrogen-bond acceptors (Lipinski definition) is 4. The van der Waals surface area contributed by atoms with E-state index >= 15 is 0 Å². The van der Waals surface area contributed by atoms with Gasteiger partial charge in [-0.3, -0.25) is 14.5 Å². The molecule has 3 fully saturated rings. The first kappa shape index (κ1) is 16.2. The Bertz CT molecular complexity index is 504. The Balaban J connectivity index is 1.58. The molecule has 2 heterocycles. The van der Waals surface area contributed by atoms with Crippen molar-refractivity contribution in [2.24, 2.45) is 5.92 Å². The van der Waals surface area contributed by atoms with Gasteiger partial charge in [-0.25, -0.2) is 4.79 Å². The van der Waals surface area contributed by atoms with Gasteiger partial charge < -0.3 is 15.4 Å². The van der Waals surface area contributed by atoms with Crippen LogP contribution in [0.25, 0.3) is 0 Å². The number of carbonyl (C=O) groups excluding carboxylic acids is 3. The highest BCUT2D eigenvalue weighted by atomic mass is 16.5. The van der Waals surface area contributed by atoms with Crippen LogP contribution in [0.3, 0.4) is 0 Å². The Labute approximate surface area is 136 Å². The molecule has 3 aliphatic rings. The second kappa shape index (κ2) is 6.47. The zero-order valence-electron chi connectivity index (χ0n) is 13.6. The van der Waals surface area contributed by atoms with Gasteiger partial charge in [0.25, 0.3) is 5.91 Å². The molecule has 0 radical (unpaired) electrons. The van der Waals surface area contributed by atoms with E-state index in [1.807, 2.05) is 6.92 Å². The van der Waals surface area contributed by atoms with E-state index in [1.54, 1.807) is 0 Å². The lowest BCUT2D eigenvalue weighted by Crippen LogP contribution is -2.54. The van der Waals surface area contributed by atoms with Crippen LogP contribution in [0.2, 0.25) is 0 Å². The largest absolute Gasteiger partial charge is 0.376 e. The van der Waals surface area contributed by atoms with Gasteiger partial charge in [0, 0.05) is 13.2 Å². The molecular formula is C16H25N3O4. The third-order valence-corrected chi connectivity index (χ3v) is 5.35. The van der Waals surface area contributed by atoms with E-state index in [4.69, 9.17) is 4.74 Å². The average Bonchev–Trinajstić information content (AvgIpc) is 3.12. The fourth-order valence-electron chi connectivity index (χ4n) is 3.87. The lowest BCUT2D eigenvalue weighted by Gasteiger charge is -2.36. The summed E-state index contributed by atoms with van der Waals surface area (Å²) >= 11 is 0. The fourth-order valence-corrected chi connectivity index (χ4v) is 3.87. The van der Waals surface area contributed by atoms with E-state index in [9.17, 15) is 14.4 Å². The van der Waals surface area contributed by atoms with Crippen molar-refractivity contribution in [3.8, 4) is 0 Å². The summed E-state index contributed by atoms with van der Waals surface area (Å²) in [5.41, 5.74) is -0.801. The summed E-state index contributed by atoms with van der Waals surface area (Å²) in [7, 11) is 0. The molecule has 0 aromatic rings. The first-order chi connectivity index (χ1) is 11.0. The maximum absolute atomic E-state index is 12.7. The van der Waals surface area contributed by atoms with Crippen LogP contribution in [-0.4, -0.2) is 54.1 Å². The molecule has 7 heteroatoms. The highest BCUT2D eigenvalue weighted by Crippen LogP contribution is 2.38. The lowest BCUT2D eigenvalue weighted by molar-refractivity contribution is -0.137. The molecule has 23 heavy (non-hydrogen) atoms. The maximum atomic E-state index is 12.7. The standard InChI is InChI=1S/C16H25N3O4/c1-11-5-2-3-7-16(11)14(21)19(15(22)18-16)10-13(20)17-9-12-6-4-8-23-12/h11-12H,2-10H2,1H3,(H,17,20)(H,18,22). The molecular weight excluding hydrogens is 298 g/mol. The Hall–Kier alpha value is -1.63. The van der Waals surface area contributed by atoms with Gasteiger partial charge in [-0.2, -0.15) is 0 Å². The smallest absolute Gasteiger partial charge is 0.325 e. The van der Waals surface area contributed by atoms with Crippen molar-refractivity contribution in [1.29, 1.82) is 0 Å². The van der Waals surface area contributed by atoms with Gasteiger partial charge >= 0.3 is 6.03 Å². The molecule has 0 aromatic heterocycles. The summed E-state index contributed by atoms with van der Waals surface area (Å²) in [5, 5.41) is 5.61. The minimum absolute atomic E-state index is 0.0479. The van der Waals surface area contributed by atoms with Crippen LogP contribution >= 0.6 is 0 Å². The third-order valence-electron chi connectivity index (χ3n) is 5.35. The monoisotopic (exact) mass is 323 g/mol. The van der Waals surface area contributed by atoms with Crippen molar-refractivity contribution in [1.82, 2.24) is 15.5 Å². The summed E-state index contributed by atoms with van der Waals surface area (Å²) in [4.78, 5) is 38.0. The number of nitrogens with zero attached hydrogens (tertiary/aromatic N) is 1. The molecule has 0 bridgehead atoms. The molecule has 4 amide bonds. The Kier molecular flexibility index (Phi) is 4.57. The first-order valence-electron chi connectivity index (χ1n) is 8.55. The zero-order valence-corrected chi connectivity index (χ0v) is 13.6. The predicted molar refractivity (Wildman–Crippen MR) is 82.6 cm³/mol. The minimum atomic E-state index is -0.801. The van der Waals surface area contributed by atoms with Gasteiger partial charge in [-0.05, 0) is 31.6 Å². The number of ether oxygens (including phenoxy) is 1. The summed E-state index contributed by atoms with van der Waals surface area (Å²) < 4.78 is 5.45. The van der Waals surface area contributed by atoms with Gasteiger partial charge in [-0.15, -0.1) is 0 Å². The molecule has 1 aliphatic carbocycles. The van der Waals surface area contributed by atoms with Gasteiger partial charge in [-0.1, -0.05) is 19.8 Å². The second-order valence-corrected chi connectivity index (χ2v) is 6.88. The van der Waals surface area contributed by atoms with Crippen LogP contribution in [0.4, 0.5) is 4.79 Å². The number of imide groups is 1. The van der Waals surface area contributed by atoms with Crippen LogP contribution in [0.1, 0.15) is 45.4 Å². The summed E-state index contributed by atoms with van der Waals surface area (Å²) in [6.45, 7) is 2.95. The summed E-state index contributed by atoms with van der Waals surface area (Å²) in [6, 6.07) is -0.448. The van der Waals surface area contributed by atoms with E-state index in [0.717, 1.165) is 43.6 Å². The number of hydrogen-bond donors (Lipinski definition) is 2. The third kappa shape index (κ3) is 3.06. The molecule has 128 valence electrons. The van der Waals surface area contributed by atoms with Crippen molar-refractivity contribution in [2.75, 3.05) is 19.7 Å². The molecule has 2 aliphatic heterocycles. The minimum Gasteiger partial charge on any atom is -0.376 e. The summed E-state index contributed by atoms with van der Waals surface area (Å²) in [5.74, 6) is -0.459. The van der Waals surface area contributed by atoms with Gasteiger partial charge in [0.1, 0.15) is 12.1 Å². The molecule has 1 saturated carbocycles. The van der Waals surface area contributed by atoms with Crippen LogP contribution in [0.15, 0.2) is 0 Å². The molecule has 3 unspecified atom stereocenters. The average molecular weight is 323 g/mol. The van der Waals surface area contributed by atoms with Gasteiger partial charge in [0.05, 0.1) is 6.10 Å². The lowest BCUT2D eigenvalue weighted by atomic mass is 9.73.